The minimum absolute atomic E-state index is 0.712. The van der Waals surface area contributed by atoms with Crippen LogP contribution in [0.3, 0.4) is 0 Å². The fraction of sp³-hybridized carbons (Fsp3) is 0.214. The topological polar surface area (TPSA) is 71.4 Å². The Balaban J connectivity index is 1.98. The number of H-pyrrole nitrogens is 1. The Morgan fingerprint density at radius 1 is 1.48 bits per heavy atom. The van der Waals surface area contributed by atoms with E-state index in [1.54, 1.807) is 11.3 Å². The monoisotopic (exact) mass is 300 g/mol. The largest absolute Gasteiger partial charge is 0.358 e. The summed E-state index contributed by atoms with van der Waals surface area (Å²) < 4.78 is 2.04. The van der Waals surface area contributed by atoms with Crippen molar-refractivity contribution in [1.29, 1.82) is 0 Å². The minimum Gasteiger partial charge on any atom is -0.358 e. The first-order valence-electron chi connectivity index (χ1n) is 6.56. The maximum atomic E-state index is 4.61. The number of anilines is 1. The first-order chi connectivity index (χ1) is 10.2. The molecule has 3 rings (SSSR count). The van der Waals surface area contributed by atoms with Gasteiger partial charge in [-0.15, -0.1) is 17.9 Å². The van der Waals surface area contributed by atoms with Crippen LogP contribution in [0.2, 0.25) is 0 Å². The molecule has 0 aliphatic rings. The van der Waals surface area contributed by atoms with Crippen molar-refractivity contribution in [2.24, 2.45) is 0 Å². The maximum Gasteiger partial charge on any atom is 0.229 e. The fourth-order valence-electron chi connectivity index (χ4n) is 2.29. The van der Waals surface area contributed by atoms with Crippen molar-refractivity contribution in [3.05, 3.63) is 41.8 Å². The summed E-state index contributed by atoms with van der Waals surface area (Å²) in [6.07, 6.45) is 3.32. The predicted molar refractivity (Wildman–Crippen MR) is 85.0 cm³/mol. The highest BCUT2D eigenvalue weighted by Crippen LogP contribution is 2.30. The summed E-state index contributed by atoms with van der Waals surface area (Å²) in [4.78, 5) is 8.83. The molecule has 0 aliphatic carbocycles. The minimum atomic E-state index is 0.712. The second-order valence-electron chi connectivity index (χ2n) is 4.64. The zero-order valence-electron chi connectivity index (χ0n) is 11.9. The van der Waals surface area contributed by atoms with Crippen molar-refractivity contribution in [2.45, 2.75) is 13.8 Å². The van der Waals surface area contributed by atoms with Gasteiger partial charge in [0, 0.05) is 28.9 Å². The molecule has 0 atom stereocenters. The molecule has 0 bridgehead atoms. The summed E-state index contributed by atoms with van der Waals surface area (Å²) in [5, 5.41) is 13.0. The van der Waals surface area contributed by atoms with Gasteiger partial charge in [0.05, 0.1) is 5.69 Å². The van der Waals surface area contributed by atoms with Crippen LogP contribution in [0.15, 0.2) is 30.4 Å². The number of aromatic amines is 1. The van der Waals surface area contributed by atoms with Gasteiger partial charge >= 0.3 is 0 Å². The van der Waals surface area contributed by atoms with Crippen molar-refractivity contribution in [3.8, 4) is 17.2 Å². The molecule has 0 saturated carbocycles. The van der Waals surface area contributed by atoms with Gasteiger partial charge in [0.15, 0.2) is 5.13 Å². The molecule has 0 aromatic carbocycles. The lowest BCUT2D eigenvalue weighted by Crippen LogP contribution is -2.01. The highest BCUT2D eigenvalue weighted by molar-refractivity contribution is 7.14. The van der Waals surface area contributed by atoms with Crippen LogP contribution in [0, 0.1) is 13.8 Å². The molecule has 108 valence electrons. The molecule has 21 heavy (non-hydrogen) atoms. The summed E-state index contributed by atoms with van der Waals surface area (Å²) in [7, 11) is 0. The molecule has 2 N–H and O–H groups in total. The smallest absolute Gasteiger partial charge is 0.229 e. The zero-order valence-corrected chi connectivity index (χ0v) is 12.7. The molecule has 0 radical (unpaired) electrons. The Morgan fingerprint density at radius 3 is 3.05 bits per heavy atom. The van der Waals surface area contributed by atoms with E-state index in [1.807, 2.05) is 17.6 Å². The maximum absolute atomic E-state index is 4.61. The molecule has 0 aliphatic heterocycles. The molecule has 0 fully saturated rings. The van der Waals surface area contributed by atoms with Crippen LogP contribution in [0.1, 0.15) is 11.4 Å². The van der Waals surface area contributed by atoms with Crippen molar-refractivity contribution >= 4 is 16.5 Å². The molecule has 3 aromatic rings. The average molecular weight is 300 g/mol. The lowest BCUT2D eigenvalue weighted by atomic mass is 10.2. The van der Waals surface area contributed by atoms with Gasteiger partial charge in [-0.1, -0.05) is 6.08 Å². The molecule has 0 amide bonds. The van der Waals surface area contributed by atoms with Crippen molar-refractivity contribution < 1.29 is 0 Å². The third-order valence-electron chi connectivity index (χ3n) is 3.22. The summed E-state index contributed by atoms with van der Waals surface area (Å²) in [6, 6.07) is 2.12. The first kappa shape index (κ1) is 13.6. The van der Waals surface area contributed by atoms with E-state index in [-0.39, 0.29) is 0 Å². The normalized spacial score (nSPS) is 10.8. The lowest BCUT2D eigenvalue weighted by molar-refractivity contribution is 0.879. The molecule has 0 spiro atoms. The summed E-state index contributed by atoms with van der Waals surface area (Å²) in [6.45, 7) is 8.51. The SMILES string of the molecule is C=CCNc1nc(-c2cc(C)n(-c3ncn[nH]3)c2C)cs1. The van der Waals surface area contributed by atoms with E-state index in [0.29, 0.717) is 6.54 Å². The van der Waals surface area contributed by atoms with Gasteiger partial charge in [0.25, 0.3) is 0 Å². The van der Waals surface area contributed by atoms with Crippen LogP contribution >= 0.6 is 11.3 Å². The summed E-state index contributed by atoms with van der Waals surface area (Å²) >= 11 is 1.59. The summed E-state index contributed by atoms with van der Waals surface area (Å²) in [5.74, 6) is 0.719. The van der Waals surface area contributed by atoms with E-state index < -0.39 is 0 Å². The van der Waals surface area contributed by atoms with E-state index in [1.165, 1.54) is 6.33 Å². The van der Waals surface area contributed by atoms with Crippen molar-refractivity contribution in [2.75, 3.05) is 11.9 Å². The number of hydrogen-bond acceptors (Lipinski definition) is 5. The van der Waals surface area contributed by atoms with E-state index in [2.05, 4.69) is 50.4 Å². The number of aryl methyl sites for hydroxylation is 1. The molecular weight excluding hydrogens is 284 g/mol. The number of rotatable bonds is 5. The predicted octanol–water partition coefficient (Wildman–Crippen LogP) is 2.93. The lowest BCUT2D eigenvalue weighted by Gasteiger charge is -2.04. The fourth-order valence-corrected chi connectivity index (χ4v) is 3.01. The third-order valence-corrected chi connectivity index (χ3v) is 4.02. The Morgan fingerprint density at radius 2 is 2.33 bits per heavy atom. The number of thiazole rings is 1. The highest BCUT2D eigenvalue weighted by Gasteiger charge is 2.15. The highest BCUT2D eigenvalue weighted by atomic mass is 32.1. The molecule has 0 saturated heterocycles. The van der Waals surface area contributed by atoms with Crippen LogP contribution in [-0.4, -0.2) is 31.3 Å². The number of aromatic nitrogens is 5. The molecule has 0 unspecified atom stereocenters. The third kappa shape index (κ3) is 2.47. The van der Waals surface area contributed by atoms with Gasteiger partial charge in [-0.2, -0.15) is 10.1 Å². The zero-order chi connectivity index (χ0) is 14.8. The number of hydrogen-bond donors (Lipinski definition) is 2. The first-order valence-corrected chi connectivity index (χ1v) is 7.44. The number of nitrogens with zero attached hydrogens (tertiary/aromatic N) is 4. The second kappa shape index (κ2) is 5.53. The van der Waals surface area contributed by atoms with Crippen LogP contribution < -0.4 is 5.32 Å². The van der Waals surface area contributed by atoms with Gasteiger partial charge in [0.1, 0.15) is 6.33 Å². The van der Waals surface area contributed by atoms with Crippen LogP contribution in [-0.2, 0) is 0 Å². The van der Waals surface area contributed by atoms with Gasteiger partial charge in [-0.3, -0.25) is 4.57 Å². The van der Waals surface area contributed by atoms with Gasteiger partial charge in [0.2, 0.25) is 5.95 Å². The standard InChI is InChI=1S/C14H16N6S/c1-4-5-15-14-18-12(7-21-14)11-6-9(2)20(10(11)3)13-16-8-17-19-13/h4,6-8H,1,5H2,2-3H3,(H,15,18)(H,16,17,19). The van der Waals surface area contributed by atoms with E-state index in [9.17, 15) is 0 Å². The van der Waals surface area contributed by atoms with Crippen LogP contribution in [0.4, 0.5) is 5.13 Å². The molecule has 3 aromatic heterocycles. The Hall–Kier alpha value is -2.41. The van der Waals surface area contributed by atoms with Gasteiger partial charge in [-0.05, 0) is 19.9 Å². The molecule has 6 nitrogen and oxygen atoms in total. The molecular formula is C14H16N6S. The van der Waals surface area contributed by atoms with Crippen molar-refractivity contribution in [3.63, 3.8) is 0 Å². The number of nitrogens with one attached hydrogen (secondary N) is 2. The average Bonchev–Trinajstić information content (AvgIpc) is 3.17. The Labute approximate surface area is 126 Å². The quantitative estimate of drug-likeness (QED) is 0.711. The molecule has 7 heteroatoms. The molecule has 3 heterocycles. The van der Waals surface area contributed by atoms with Gasteiger partial charge in [-0.25, -0.2) is 10.1 Å². The Kier molecular flexibility index (Phi) is 3.57. The van der Waals surface area contributed by atoms with E-state index in [0.717, 1.165) is 33.7 Å². The Bertz CT molecular complexity index is 753. The van der Waals surface area contributed by atoms with Gasteiger partial charge < -0.3 is 5.32 Å². The van der Waals surface area contributed by atoms with E-state index >= 15 is 0 Å². The second-order valence-corrected chi connectivity index (χ2v) is 5.49. The van der Waals surface area contributed by atoms with Crippen LogP contribution in [0.25, 0.3) is 17.2 Å². The summed E-state index contributed by atoms with van der Waals surface area (Å²) in [5.41, 5.74) is 4.25. The van der Waals surface area contributed by atoms with Crippen molar-refractivity contribution in [1.82, 2.24) is 24.7 Å². The van der Waals surface area contributed by atoms with Crippen LogP contribution in [0.5, 0.6) is 0 Å². The van der Waals surface area contributed by atoms with E-state index in [4.69, 9.17) is 0 Å².